The van der Waals surface area contributed by atoms with Gasteiger partial charge in [-0.25, -0.2) is 4.98 Å². The van der Waals surface area contributed by atoms with E-state index in [1.807, 2.05) is 12.1 Å². The lowest BCUT2D eigenvalue weighted by molar-refractivity contribution is 1.09. The van der Waals surface area contributed by atoms with Crippen molar-refractivity contribution in [2.24, 2.45) is 0 Å². The Morgan fingerprint density at radius 1 is 0.319 bits per heavy atom. The number of rotatable bonds is 4. The van der Waals surface area contributed by atoms with Gasteiger partial charge in [-0.1, -0.05) is 97.1 Å². The molecule has 0 fully saturated rings. The van der Waals surface area contributed by atoms with Gasteiger partial charge < -0.3 is 9.13 Å². The minimum atomic E-state index is 0.939. The molecule has 10 rings (SSSR count). The third kappa shape index (κ3) is 3.79. The van der Waals surface area contributed by atoms with E-state index in [2.05, 4.69) is 171 Å². The molecular weight excluding hydrogens is 573 g/mol. The number of benzene rings is 7. The predicted molar refractivity (Wildman–Crippen MR) is 195 cm³/mol. The molecule has 0 unspecified atom stereocenters. The fourth-order valence-electron chi connectivity index (χ4n) is 7.47. The highest BCUT2D eigenvalue weighted by Gasteiger charge is 2.20. The first-order chi connectivity index (χ1) is 23.3. The monoisotopic (exact) mass is 600 g/mol. The lowest BCUT2D eigenvalue weighted by atomic mass is 10.1. The normalized spacial score (nSPS) is 11.8. The third-order valence-corrected chi connectivity index (χ3v) is 9.45. The summed E-state index contributed by atoms with van der Waals surface area (Å²) in [5.41, 5.74) is 11.3. The second kappa shape index (κ2) is 10.1. The van der Waals surface area contributed by atoms with Crippen molar-refractivity contribution in [1.29, 1.82) is 0 Å². The van der Waals surface area contributed by atoms with Crippen LogP contribution in [0.15, 0.2) is 170 Å². The summed E-state index contributed by atoms with van der Waals surface area (Å²) in [4.78, 5) is 5.05. The number of fused-ring (bicyclic) bond motifs is 8. The highest BCUT2D eigenvalue weighted by atomic mass is 15.1. The van der Waals surface area contributed by atoms with Crippen molar-refractivity contribution in [2.75, 3.05) is 0 Å². The van der Waals surface area contributed by atoms with E-state index in [1.54, 1.807) is 0 Å². The molecule has 0 aliphatic rings. The van der Waals surface area contributed by atoms with Crippen molar-refractivity contribution in [3.8, 4) is 28.5 Å². The fourth-order valence-corrected chi connectivity index (χ4v) is 7.47. The molecule has 0 N–H and O–H groups in total. The van der Waals surface area contributed by atoms with Crippen LogP contribution in [0.25, 0.3) is 83.1 Å². The van der Waals surface area contributed by atoms with Crippen LogP contribution in [0.5, 0.6) is 0 Å². The van der Waals surface area contributed by atoms with Gasteiger partial charge in [-0.15, -0.1) is 0 Å². The van der Waals surface area contributed by atoms with E-state index in [0.29, 0.717) is 0 Å². The van der Waals surface area contributed by atoms with Crippen molar-refractivity contribution in [1.82, 2.24) is 18.7 Å². The van der Waals surface area contributed by atoms with Crippen LogP contribution in [0, 0.1) is 0 Å². The van der Waals surface area contributed by atoms with Crippen LogP contribution >= 0.6 is 0 Å². The number of para-hydroxylation sites is 5. The summed E-state index contributed by atoms with van der Waals surface area (Å²) in [6.07, 6.45) is 0. The Hall–Kier alpha value is -6.39. The zero-order valence-corrected chi connectivity index (χ0v) is 25.5. The summed E-state index contributed by atoms with van der Waals surface area (Å²) in [6.45, 7) is 0. The van der Waals surface area contributed by atoms with E-state index in [-0.39, 0.29) is 0 Å². The van der Waals surface area contributed by atoms with Gasteiger partial charge in [0, 0.05) is 44.2 Å². The maximum absolute atomic E-state index is 5.05. The molecule has 3 aromatic heterocycles. The van der Waals surface area contributed by atoms with Gasteiger partial charge in [-0.05, 0) is 72.8 Å². The highest BCUT2D eigenvalue weighted by Crippen LogP contribution is 2.42. The number of hydrogen-bond acceptors (Lipinski definition) is 1. The Kier molecular flexibility index (Phi) is 5.54. The number of aromatic nitrogens is 4. The fraction of sp³-hybridized carbons (Fsp3) is 0. The lowest BCUT2D eigenvalue weighted by Gasteiger charge is -2.13. The van der Waals surface area contributed by atoms with Crippen LogP contribution < -0.4 is 0 Å². The van der Waals surface area contributed by atoms with Crippen LogP contribution in [0.1, 0.15) is 0 Å². The molecule has 220 valence electrons. The predicted octanol–water partition coefficient (Wildman–Crippen LogP) is 10.9. The number of hydrogen-bond donors (Lipinski definition) is 0. The first-order valence-corrected chi connectivity index (χ1v) is 16.0. The Balaban J connectivity index is 1.22. The Bertz CT molecular complexity index is 2760. The molecule has 0 bridgehead atoms. The summed E-state index contributed by atoms with van der Waals surface area (Å²) in [7, 11) is 0. The summed E-state index contributed by atoms with van der Waals surface area (Å²) >= 11 is 0. The molecule has 4 nitrogen and oxygen atoms in total. The van der Waals surface area contributed by atoms with Crippen LogP contribution in [0.4, 0.5) is 0 Å². The number of nitrogens with zero attached hydrogens (tertiary/aromatic N) is 4. The molecule has 0 saturated carbocycles. The molecule has 0 spiro atoms. The van der Waals surface area contributed by atoms with Gasteiger partial charge in [0.2, 0.25) is 0 Å². The van der Waals surface area contributed by atoms with Gasteiger partial charge in [-0.2, -0.15) is 0 Å². The van der Waals surface area contributed by atoms with Gasteiger partial charge in [0.15, 0.2) is 0 Å². The van der Waals surface area contributed by atoms with Gasteiger partial charge >= 0.3 is 0 Å². The second-order valence-corrected chi connectivity index (χ2v) is 12.0. The molecule has 0 saturated heterocycles. The first kappa shape index (κ1) is 25.9. The van der Waals surface area contributed by atoms with E-state index in [0.717, 1.165) is 33.8 Å². The quantitative estimate of drug-likeness (QED) is 0.197. The second-order valence-electron chi connectivity index (χ2n) is 12.0. The maximum Gasteiger partial charge on any atom is 0.145 e. The van der Waals surface area contributed by atoms with Crippen molar-refractivity contribution in [2.45, 2.75) is 0 Å². The summed E-state index contributed by atoms with van der Waals surface area (Å²) in [5, 5.41) is 5.07. The van der Waals surface area contributed by atoms with E-state index in [1.165, 1.54) is 49.3 Å². The Morgan fingerprint density at radius 3 is 1.36 bits per heavy atom. The summed E-state index contributed by atoms with van der Waals surface area (Å²) in [6, 6.07) is 60.5. The zero-order valence-electron chi connectivity index (χ0n) is 25.5. The van der Waals surface area contributed by atoms with Gasteiger partial charge in [-0.3, -0.25) is 4.57 Å². The van der Waals surface area contributed by atoms with E-state index in [4.69, 9.17) is 4.98 Å². The highest BCUT2D eigenvalue weighted by molar-refractivity contribution is 6.28. The molecule has 0 amide bonds. The lowest BCUT2D eigenvalue weighted by Crippen LogP contribution is -1.99. The molecular formula is C43H28N4. The summed E-state index contributed by atoms with van der Waals surface area (Å²) < 4.78 is 7.07. The molecule has 0 aliphatic carbocycles. The average molecular weight is 601 g/mol. The molecule has 0 atom stereocenters. The Labute approximate surface area is 271 Å². The minimum absolute atomic E-state index is 0.939. The van der Waals surface area contributed by atoms with E-state index >= 15 is 0 Å². The largest absolute Gasteiger partial charge is 0.309 e. The van der Waals surface area contributed by atoms with E-state index in [9.17, 15) is 0 Å². The van der Waals surface area contributed by atoms with Crippen molar-refractivity contribution in [3.05, 3.63) is 170 Å². The SMILES string of the molecule is c1ccc(-c2nc3ccccc3n2-c2ccc(-n3c4ccccc4c4c5c6ccccc6n(-c6ccccc6)c5ccc43)cc2)cc1. The average Bonchev–Trinajstić information content (AvgIpc) is 3.80. The molecule has 7 aromatic carbocycles. The molecule has 3 heterocycles. The molecule has 4 heteroatoms. The summed E-state index contributed by atoms with van der Waals surface area (Å²) in [5.74, 6) is 0.939. The zero-order chi connectivity index (χ0) is 30.9. The third-order valence-electron chi connectivity index (χ3n) is 9.45. The minimum Gasteiger partial charge on any atom is -0.309 e. The number of imidazole rings is 1. The molecule has 0 radical (unpaired) electrons. The smallest absolute Gasteiger partial charge is 0.145 e. The topological polar surface area (TPSA) is 27.7 Å². The van der Waals surface area contributed by atoms with Crippen LogP contribution in [-0.2, 0) is 0 Å². The van der Waals surface area contributed by atoms with Gasteiger partial charge in [0.1, 0.15) is 5.82 Å². The van der Waals surface area contributed by atoms with Gasteiger partial charge in [0.05, 0.1) is 33.1 Å². The standard InChI is InChI=1S/C43H28N4/c1-3-13-29(14-4-1)43-44-35-19-9-12-22-38(35)47(43)32-25-23-31(24-26-32)46-37-21-11-8-18-34(37)42-40(46)28-27-39-41(42)33-17-7-10-20-36(33)45(39)30-15-5-2-6-16-30/h1-28H. The maximum atomic E-state index is 5.05. The first-order valence-electron chi connectivity index (χ1n) is 16.0. The van der Waals surface area contributed by atoms with Crippen molar-refractivity contribution >= 4 is 54.6 Å². The van der Waals surface area contributed by atoms with Crippen LogP contribution in [-0.4, -0.2) is 18.7 Å². The Morgan fingerprint density at radius 2 is 0.766 bits per heavy atom. The van der Waals surface area contributed by atoms with Crippen molar-refractivity contribution < 1.29 is 0 Å². The molecule has 0 aliphatic heterocycles. The van der Waals surface area contributed by atoms with E-state index < -0.39 is 0 Å². The molecule has 47 heavy (non-hydrogen) atoms. The molecule has 10 aromatic rings. The van der Waals surface area contributed by atoms with Crippen LogP contribution in [0.2, 0.25) is 0 Å². The van der Waals surface area contributed by atoms with Crippen molar-refractivity contribution in [3.63, 3.8) is 0 Å². The van der Waals surface area contributed by atoms with Gasteiger partial charge in [0.25, 0.3) is 0 Å². The van der Waals surface area contributed by atoms with Crippen LogP contribution in [0.3, 0.4) is 0 Å².